The summed E-state index contributed by atoms with van der Waals surface area (Å²) in [5, 5.41) is 11.8. The minimum atomic E-state index is -0.357. The van der Waals surface area contributed by atoms with Crippen molar-refractivity contribution in [3.05, 3.63) is 63.7 Å². The number of amides is 1. The third kappa shape index (κ3) is 5.67. The molecule has 2 aromatic carbocycles. The van der Waals surface area contributed by atoms with Gasteiger partial charge in [-0.25, -0.2) is 0 Å². The third-order valence-corrected chi connectivity index (χ3v) is 6.86. The monoisotopic (exact) mass is 466 g/mol. The minimum Gasteiger partial charge on any atom is -0.497 e. The summed E-state index contributed by atoms with van der Waals surface area (Å²) in [7, 11) is 1.66. The van der Waals surface area contributed by atoms with Crippen molar-refractivity contribution in [2.75, 3.05) is 51.3 Å². The summed E-state index contributed by atoms with van der Waals surface area (Å²) in [4.78, 5) is 31.0. The van der Waals surface area contributed by atoms with Crippen LogP contribution >= 0.6 is 0 Å². The fourth-order valence-electron chi connectivity index (χ4n) is 4.98. The van der Waals surface area contributed by atoms with E-state index < -0.39 is 0 Å². The molecule has 1 atom stereocenters. The van der Waals surface area contributed by atoms with E-state index in [0.29, 0.717) is 30.3 Å². The lowest BCUT2D eigenvalue weighted by atomic mass is 9.99. The molecule has 2 saturated heterocycles. The first-order valence-electron chi connectivity index (χ1n) is 12.1. The van der Waals surface area contributed by atoms with Gasteiger partial charge in [0.15, 0.2) is 0 Å². The maximum absolute atomic E-state index is 13.3. The van der Waals surface area contributed by atoms with Crippen molar-refractivity contribution in [1.82, 2.24) is 9.80 Å². The molecule has 0 bridgehead atoms. The molecule has 8 nitrogen and oxygen atoms in total. The van der Waals surface area contributed by atoms with E-state index in [1.807, 2.05) is 17.0 Å². The van der Waals surface area contributed by atoms with Gasteiger partial charge in [-0.15, -0.1) is 0 Å². The second kappa shape index (κ2) is 10.9. The molecule has 2 heterocycles. The smallest absolute Gasteiger partial charge is 0.293 e. The molecule has 2 aliphatic rings. The summed E-state index contributed by atoms with van der Waals surface area (Å²) in [6.45, 7) is 7.55. The van der Waals surface area contributed by atoms with Crippen LogP contribution in [-0.4, -0.2) is 67.0 Å². The number of benzene rings is 2. The minimum absolute atomic E-state index is 0.0240. The molecular formula is C26H34N4O4. The number of carbonyl (C=O) groups is 1. The van der Waals surface area contributed by atoms with Gasteiger partial charge in [-0.3, -0.25) is 19.8 Å². The number of hydrogen-bond acceptors (Lipinski definition) is 6. The number of rotatable bonds is 6. The van der Waals surface area contributed by atoms with Gasteiger partial charge in [0.1, 0.15) is 11.4 Å². The van der Waals surface area contributed by atoms with Gasteiger partial charge in [0.2, 0.25) is 0 Å². The van der Waals surface area contributed by atoms with Crippen LogP contribution in [0.2, 0.25) is 0 Å². The van der Waals surface area contributed by atoms with Crippen molar-refractivity contribution in [1.29, 1.82) is 0 Å². The van der Waals surface area contributed by atoms with Gasteiger partial charge in [0.05, 0.1) is 12.0 Å². The summed E-state index contributed by atoms with van der Waals surface area (Å²) < 4.78 is 5.23. The van der Waals surface area contributed by atoms with Crippen LogP contribution in [0, 0.1) is 16.0 Å². The van der Waals surface area contributed by atoms with Gasteiger partial charge in [-0.1, -0.05) is 19.1 Å². The zero-order valence-electron chi connectivity index (χ0n) is 20.1. The molecule has 4 rings (SSSR count). The number of nitro benzene ring substituents is 1. The van der Waals surface area contributed by atoms with E-state index in [0.717, 1.165) is 57.7 Å². The van der Waals surface area contributed by atoms with E-state index in [-0.39, 0.29) is 16.5 Å². The predicted octanol–water partition coefficient (Wildman–Crippen LogP) is 4.19. The van der Waals surface area contributed by atoms with Crippen LogP contribution in [0.4, 0.5) is 11.4 Å². The highest BCUT2D eigenvalue weighted by Gasteiger charge is 2.27. The SMILES string of the molecule is COc1ccc(CN2CCCN(C(=O)c3ccc(N4CCCC(C)C4)c([N+](=O)[O-])c3)CC2)cc1. The highest BCUT2D eigenvalue weighted by molar-refractivity contribution is 5.95. The van der Waals surface area contributed by atoms with Gasteiger partial charge in [0, 0.05) is 57.4 Å². The molecule has 2 fully saturated rings. The summed E-state index contributed by atoms with van der Waals surface area (Å²) in [5.74, 6) is 1.21. The number of nitro groups is 1. The Balaban J connectivity index is 1.42. The number of ether oxygens (including phenoxy) is 1. The lowest BCUT2D eigenvalue weighted by Crippen LogP contribution is -2.36. The quantitative estimate of drug-likeness (QED) is 0.469. The lowest BCUT2D eigenvalue weighted by molar-refractivity contribution is -0.384. The van der Waals surface area contributed by atoms with Crippen LogP contribution in [0.5, 0.6) is 5.75 Å². The van der Waals surface area contributed by atoms with Gasteiger partial charge in [-0.2, -0.15) is 0 Å². The largest absolute Gasteiger partial charge is 0.497 e. The number of piperidine rings is 1. The number of methoxy groups -OCH3 is 1. The third-order valence-electron chi connectivity index (χ3n) is 6.86. The van der Waals surface area contributed by atoms with Crippen molar-refractivity contribution in [2.24, 2.45) is 5.92 Å². The van der Waals surface area contributed by atoms with Crippen LogP contribution in [-0.2, 0) is 6.54 Å². The maximum Gasteiger partial charge on any atom is 0.293 e. The van der Waals surface area contributed by atoms with E-state index in [4.69, 9.17) is 4.74 Å². The first-order chi connectivity index (χ1) is 16.4. The lowest BCUT2D eigenvalue weighted by Gasteiger charge is -2.32. The van der Waals surface area contributed by atoms with Gasteiger partial charge in [-0.05, 0) is 55.0 Å². The molecule has 182 valence electrons. The molecule has 0 spiro atoms. The summed E-state index contributed by atoms with van der Waals surface area (Å²) in [5.41, 5.74) is 2.24. The van der Waals surface area contributed by atoms with E-state index in [1.165, 1.54) is 11.6 Å². The highest BCUT2D eigenvalue weighted by Crippen LogP contribution is 2.33. The number of nitrogens with zero attached hydrogens (tertiary/aromatic N) is 4. The molecule has 0 N–H and O–H groups in total. The number of hydrogen-bond donors (Lipinski definition) is 0. The van der Waals surface area contributed by atoms with E-state index >= 15 is 0 Å². The summed E-state index contributed by atoms with van der Waals surface area (Å²) >= 11 is 0. The van der Waals surface area contributed by atoms with Crippen molar-refractivity contribution in [3.63, 3.8) is 0 Å². The van der Waals surface area contributed by atoms with Crippen molar-refractivity contribution < 1.29 is 14.5 Å². The second-order valence-corrected chi connectivity index (χ2v) is 9.42. The van der Waals surface area contributed by atoms with Crippen LogP contribution in [0.15, 0.2) is 42.5 Å². The van der Waals surface area contributed by atoms with E-state index in [2.05, 4.69) is 28.9 Å². The molecular weight excluding hydrogens is 432 g/mol. The zero-order chi connectivity index (χ0) is 24.1. The number of anilines is 1. The topological polar surface area (TPSA) is 79.2 Å². The Hall–Kier alpha value is -3.13. The van der Waals surface area contributed by atoms with Crippen molar-refractivity contribution in [2.45, 2.75) is 32.7 Å². The Morgan fingerprint density at radius 1 is 1.06 bits per heavy atom. The fourth-order valence-corrected chi connectivity index (χ4v) is 4.98. The first kappa shape index (κ1) is 24.0. The van der Waals surface area contributed by atoms with Crippen molar-refractivity contribution in [3.8, 4) is 5.75 Å². The first-order valence-corrected chi connectivity index (χ1v) is 12.1. The van der Waals surface area contributed by atoms with Gasteiger partial charge in [0.25, 0.3) is 11.6 Å². The average Bonchev–Trinajstić information content (AvgIpc) is 3.09. The maximum atomic E-state index is 13.3. The molecule has 1 amide bonds. The normalized spacial score (nSPS) is 19.5. The van der Waals surface area contributed by atoms with Crippen LogP contribution in [0.3, 0.4) is 0 Å². The van der Waals surface area contributed by atoms with Gasteiger partial charge < -0.3 is 14.5 Å². The Labute approximate surface area is 201 Å². The Morgan fingerprint density at radius 3 is 2.56 bits per heavy atom. The Bertz CT molecular complexity index is 1010. The predicted molar refractivity (Wildman–Crippen MR) is 132 cm³/mol. The van der Waals surface area contributed by atoms with Gasteiger partial charge >= 0.3 is 0 Å². The molecule has 8 heteroatoms. The standard InChI is InChI=1S/C26H34N4O4/c1-20-5-3-13-29(18-20)24-11-8-22(17-25(24)30(32)33)26(31)28-14-4-12-27(15-16-28)19-21-6-9-23(34-2)10-7-21/h6-11,17,20H,3-5,12-16,18-19H2,1-2H3. The highest BCUT2D eigenvalue weighted by atomic mass is 16.6. The summed E-state index contributed by atoms with van der Waals surface area (Å²) in [6, 6.07) is 13.0. The van der Waals surface area contributed by atoms with Crippen LogP contribution in [0.25, 0.3) is 0 Å². The average molecular weight is 467 g/mol. The second-order valence-electron chi connectivity index (χ2n) is 9.42. The molecule has 1 unspecified atom stereocenters. The van der Waals surface area contributed by atoms with E-state index in [1.54, 1.807) is 19.2 Å². The molecule has 0 aliphatic carbocycles. The molecule has 2 aliphatic heterocycles. The molecule has 0 saturated carbocycles. The molecule has 34 heavy (non-hydrogen) atoms. The van der Waals surface area contributed by atoms with E-state index in [9.17, 15) is 14.9 Å². The molecule has 2 aromatic rings. The fraction of sp³-hybridized carbons (Fsp3) is 0.500. The molecule has 0 aromatic heterocycles. The van der Waals surface area contributed by atoms with Crippen molar-refractivity contribution >= 4 is 17.3 Å². The Kier molecular flexibility index (Phi) is 7.67. The number of carbonyl (C=O) groups excluding carboxylic acids is 1. The zero-order valence-corrected chi connectivity index (χ0v) is 20.1. The van der Waals surface area contributed by atoms with Crippen LogP contribution < -0.4 is 9.64 Å². The summed E-state index contributed by atoms with van der Waals surface area (Å²) in [6.07, 6.45) is 3.04. The molecule has 0 radical (unpaired) electrons. The van der Waals surface area contributed by atoms with Crippen LogP contribution in [0.1, 0.15) is 42.1 Å². The Morgan fingerprint density at radius 2 is 1.85 bits per heavy atom.